The molecule has 1 aromatic carbocycles. The predicted molar refractivity (Wildman–Crippen MR) is 117 cm³/mol. The van der Waals surface area contributed by atoms with E-state index in [1.807, 2.05) is 0 Å². The first-order valence-corrected chi connectivity index (χ1v) is 10.2. The molecule has 7 unspecified atom stereocenters. The number of aliphatic hydroxyl groups is 4. The molecule has 3 aliphatic carbocycles. The topological polar surface area (TPSA) is 182 Å². The molecular weight excluding hydrogens is 456 g/mol. The lowest BCUT2D eigenvalue weighted by Crippen LogP contribution is -2.74. The molecule has 3 aliphatic rings. The molecule has 1 amide bonds. The minimum atomic E-state index is -2.76. The number of phenols is 1. The highest BCUT2D eigenvalue weighted by molar-refractivity contribution is 6.25. The Morgan fingerprint density at radius 1 is 1.18 bits per heavy atom. The van der Waals surface area contributed by atoms with Crippen LogP contribution in [0.15, 0.2) is 23.8 Å². The quantitative estimate of drug-likeness (QED) is 0.294. The second kappa shape index (κ2) is 7.78. The third kappa shape index (κ3) is 3.05. The zero-order valence-corrected chi connectivity index (χ0v) is 19.0. The van der Waals surface area contributed by atoms with Gasteiger partial charge >= 0.3 is 0 Å². The summed E-state index contributed by atoms with van der Waals surface area (Å²) in [5.41, 5.74) is 0.420. The van der Waals surface area contributed by atoms with E-state index in [9.17, 15) is 39.9 Å². The molecule has 0 radical (unpaired) electrons. The van der Waals surface area contributed by atoms with E-state index in [4.69, 9.17) is 5.73 Å². The molecule has 0 aliphatic heterocycles. The first-order chi connectivity index (χ1) is 14.8. The van der Waals surface area contributed by atoms with E-state index in [1.165, 1.54) is 30.0 Å². The van der Waals surface area contributed by atoms with Crippen LogP contribution in [-0.4, -0.2) is 79.7 Å². The van der Waals surface area contributed by atoms with E-state index in [0.717, 1.165) is 0 Å². The van der Waals surface area contributed by atoms with Crippen molar-refractivity contribution >= 4 is 35.6 Å². The lowest BCUT2D eigenvalue weighted by atomic mass is 9.52. The van der Waals surface area contributed by atoms with Crippen molar-refractivity contribution in [1.82, 2.24) is 4.90 Å². The average Bonchev–Trinajstić information content (AvgIpc) is 2.68. The van der Waals surface area contributed by atoms with Crippen molar-refractivity contribution in [3.63, 3.8) is 0 Å². The maximum absolute atomic E-state index is 13.7. The van der Waals surface area contributed by atoms with Crippen LogP contribution in [0.1, 0.15) is 24.5 Å². The van der Waals surface area contributed by atoms with Crippen LogP contribution in [0.25, 0.3) is 5.76 Å². The van der Waals surface area contributed by atoms with Gasteiger partial charge in [0.2, 0.25) is 11.7 Å². The molecule has 2 fully saturated rings. The molecule has 4 rings (SSSR count). The van der Waals surface area contributed by atoms with E-state index in [1.54, 1.807) is 14.1 Å². The van der Waals surface area contributed by atoms with Crippen molar-refractivity contribution < 1.29 is 39.9 Å². The van der Waals surface area contributed by atoms with Gasteiger partial charge in [-0.3, -0.25) is 14.4 Å². The van der Waals surface area contributed by atoms with Crippen LogP contribution in [0.2, 0.25) is 0 Å². The predicted octanol–water partition coefficient (Wildman–Crippen LogP) is -0.784. The summed E-state index contributed by atoms with van der Waals surface area (Å²) in [6.07, 6.45) is -1.75. The van der Waals surface area contributed by atoms with Crippen molar-refractivity contribution in [3.8, 4) is 5.75 Å². The molecule has 1 aromatic rings. The monoisotopic (exact) mass is 482 g/mol. The maximum Gasteiger partial charge on any atom is 0.230 e. The summed E-state index contributed by atoms with van der Waals surface area (Å²) >= 11 is 0. The lowest BCUT2D eigenvalue weighted by Gasteiger charge is -2.55. The summed E-state index contributed by atoms with van der Waals surface area (Å²) in [7, 11) is 3.11. The zero-order valence-electron chi connectivity index (χ0n) is 18.2. The summed E-state index contributed by atoms with van der Waals surface area (Å²) in [6.45, 7) is 1.41. The number of benzene rings is 1. The summed E-state index contributed by atoms with van der Waals surface area (Å²) in [5, 5.41) is 55.0. The number of likely N-dealkylation sites (N-methyl/N-ethyl adjacent to an activating group) is 1. The molecule has 0 spiro atoms. The van der Waals surface area contributed by atoms with Crippen molar-refractivity contribution in [2.75, 3.05) is 14.1 Å². The number of Topliss-reactive ketones (excluding diaryl/α,β-unsaturated/α-hetero) is 2. The number of nitrogens with zero attached hydrogens (tertiary/aromatic N) is 1. The minimum Gasteiger partial charge on any atom is -0.507 e. The van der Waals surface area contributed by atoms with Gasteiger partial charge in [-0.25, -0.2) is 0 Å². The summed E-state index contributed by atoms with van der Waals surface area (Å²) in [6, 6.07) is 3.23. The van der Waals surface area contributed by atoms with Crippen molar-refractivity contribution in [2.45, 2.75) is 36.7 Å². The Hall–Kier alpha value is -2.50. The number of aliphatic hydroxyl groups excluding tert-OH is 2. The fourth-order valence-electron chi connectivity index (χ4n) is 5.86. The molecule has 0 bridgehead atoms. The number of rotatable bonds is 2. The van der Waals surface area contributed by atoms with E-state index in [0.29, 0.717) is 0 Å². The molecule has 33 heavy (non-hydrogen) atoms. The fourth-order valence-corrected chi connectivity index (χ4v) is 5.86. The first kappa shape index (κ1) is 25.1. The molecule has 0 aromatic heterocycles. The Kier molecular flexibility index (Phi) is 5.92. The van der Waals surface area contributed by atoms with Crippen molar-refractivity contribution in [1.29, 1.82) is 0 Å². The number of amides is 1. The molecule has 11 heteroatoms. The molecule has 0 saturated heterocycles. The standard InChI is InChI=1S/C22H26N2O8.ClH/c1-21(31)8-5-4-6-11(25)12(8)16(26)13-9(21)7-10-15(24(2)3)17(27)14(20(23)30)19(29)22(10,32)18(13)28;/h4-6,9-10,14-15,17,25-27,31-32H,7H2,1-3H3,(H2,23,30);1H. The van der Waals surface area contributed by atoms with E-state index in [-0.39, 0.29) is 35.7 Å². The number of ketones is 2. The lowest BCUT2D eigenvalue weighted by molar-refractivity contribution is -0.188. The van der Waals surface area contributed by atoms with Crippen LogP contribution in [0.4, 0.5) is 0 Å². The third-order valence-corrected chi connectivity index (χ3v) is 7.39. The molecule has 180 valence electrons. The van der Waals surface area contributed by atoms with Gasteiger partial charge in [0.15, 0.2) is 11.4 Å². The van der Waals surface area contributed by atoms with E-state index >= 15 is 0 Å². The number of phenolic OH excluding ortho intramolecular Hbond substituents is 1. The Bertz CT molecular complexity index is 1080. The number of aromatic hydroxyl groups is 1. The Morgan fingerprint density at radius 2 is 1.79 bits per heavy atom. The number of nitrogens with two attached hydrogens (primary N) is 1. The van der Waals surface area contributed by atoms with Crippen LogP contribution >= 0.6 is 12.4 Å². The molecule has 10 nitrogen and oxygen atoms in total. The van der Waals surface area contributed by atoms with Crippen LogP contribution in [0, 0.1) is 17.8 Å². The van der Waals surface area contributed by atoms with Crippen molar-refractivity contribution in [3.05, 3.63) is 34.9 Å². The second-order valence-corrected chi connectivity index (χ2v) is 9.29. The molecule has 2 saturated carbocycles. The van der Waals surface area contributed by atoms with Gasteiger partial charge in [-0.2, -0.15) is 0 Å². The van der Waals surface area contributed by atoms with Crippen LogP contribution in [-0.2, 0) is 20.0 Å². The SMILES string of the molecule is CN(C)C1C(O)C(C(N)=O)C(=O)C2(O)C(=O)C3=C(O)c4c(O)cccc4C(C)(O)C3CC12.Cl. The fraction of sp³-hybridized carbons (Fsp3) is 0.500. The van der Waals surface area contributed by atoms with E-state index < -0.39 is 69.9 Å². The normalized spacial score (nSPS) is 37.7. The van der Waals surface area contributed by atoms with E-state index in [2.05, 4.69) is 0 Å². The van der Waals surface area contributed by atoms with Gasteiger partial charge < -0.3 is 36.2 Å². The number of fused-ring (bicyclic) bond motifs is 3. The highest BCUT2D eigenvalue weighted by Gasteiger charge is 2.69. The highest BCUT2D eigenvalue weighted by Crippen LogP contribution is 2.56. The summed E-state index contributed by atoms with van der Waals surface area (Å²) in [4.78, 5) is 40.3. The van der Waals surface area contributed by atoms with Gasteiger partial charge in [0.25, 0.3) is 0 Å². The first-order valence-electron chi connectivity index (χ1n) is 10.2. The molecule has 7 atom stereocenters. The van der Waals surface area contributed by atoms with Gasteiger partial charge in [-0.1, -0.05) is 12.1 Å². The van der Waals surface area contributed by atoms with Gasteiger partial charge in [-0.15, -0.1) is 12.4 Å². The zero-order chi connectivity index (χ0) is 23.9. The van der Waals surface area contributed by atoms with Crippen LogP contribution in [0.3, 0.4) is 0 Å². The van der Waals surface area contributed by atoms with Gasteiger partial charge in [0.1, 0.15) is 17.4 Å². The molecular formula is C22H27ClN2O8. The molecule has 0 heterocycles. The van der Waals surface area contributed by atoms with Gasteiger partial charge in [0, 0.05) is 23.5 Å². The minimum absolute atomic E-state index is 0. The second-order valence-electron chi connectivity index (χ2n) is 9.29. The number of primary amides is 1. The largest absolute Gasteiger partial charge is 0.507 e. The summed E-state index contributed by atoms with van der Waals surface area (Å²) in [5.74, 6) is -8.74. The molecule has 7 N–H and O–H groups in total. The van der Waals surface area contributed by atoms with Gasteiger partial charge in [-0.05, 0) is 39.1 Å². The van der Waals surface area contributed by atoms with Crippen molar-refractivity contribution in [2.24, 2.45) is 23.5 Å². The number of halogens is 1. The van der Waals surface area contributed by atoms with Crippen LogP contribution in [0.5, 0.6) is 5.75 Å². The third-order valence-electron chi connectivity index (χ3n) is 7.39. The van der Waals surface area contributed by atoms with Gasteiger partial charge in [0.05, 0.1) is 17.3 Å². The number of hydrogen-bond donors (Lipinski definition) is 6. The van der Waals surface area contributed by atoms with Crippen LogP contribution < -0.4 is 5.73 Å². The maximum atomic E-state index is 13.7. The summed E-state index contributed by atoms with van der Waals surface area (Å²) < 4.78 is 0. The number of carbonyl (C=O) groups excluding carboxylic acids is 3. The Labute approximate surface area is 195 Å². The Morgan fingerprint density at radius 3 is 2.33 bits per heavy atom. The average molecular weight is 483 g/mol. The Balaban J connectivity index is 0.00000306. The number of hydrogen-bond acceptors (Lipinski definition) is 9. The smallest absolute Gasteiger partial charge is 0.230 e. The highest BCUT2D eigenvalue weighted by atomic mass is 35.5. The number of carbonyl (C=O) groups is 3.